The Balaban J connectivity index is 1.15. The standard InChI is InChI=1S/C44H30N2/c1-3-11-30(12-4-1)43-36-16-7-8-17-37(36)44(31-13-5-2-6-14-31)40-27-32(21-25-38(40)43)29-19-22-33(23-20-29)45-34-24-26-42-39(28-34)35-15-9-10-18-41(35)46-42/h1-28,45-46H. The quantitative estimate of drug-likeness (QED) is 0.193. The molecule has 0 spiro atoms. The van der Waals surface area contributed by atoms with Crippen LogP contribution in [-0.4, -0.2) is 4.98 Å². The Morgan fingerprint density at radius 1 is 0.304 bits per heavy atom. The molecular formula is C44H30N2. The highest BCUT2D eigenvalue weighted by molar-refractivity contribution is 6.22. The predicted octanol–water partition coefficient (Wildman–Crippen LogP) is 12.4. The number of H-pyrrole nitrogens is 1. The molecule has 46 heavy (non-hydrogen) atoms. The van der Waals surface area contributed by atoms with E-state index in [1.807, 2.05) is 0 Å². The van der Waals surface area contributed by atoms with Gasteiger partial charge in [0.05, 0.1) is 0 Å². The van der Waals surface area contributed by atoms with Gasteiger partial charge in [-0.3, -0.25) is 0 Å². The zero-order valence-corrected chi connectivity index (χ0v) is 25.2. The number of benzene rings is 8. The molecule has 0 saturated heterocycles. The average Bonchev–Trinajstić information content (AvgIpc) is 3.49. The fourth-order valence-electron chi connectivity index (χ4n) is 7.03. The Bertz CT molecular complexity index is 2530. The number of para-hydroxylation sites is 1. The van der Waals surface area contributed by atoms with Crippen molar-refractivity contribution in [3.8, 4) is 33.4 Å². The van der Waals surface area contributed by atoms with Crippen LogP contribution >= 0.6 is 0 Å². The molecule has 2 nitrogen and oxygen atoms in total. The summed E-state index contributed by atoms with van der Waals surface area (Å²) in [6, 6.07) is 61.1. The molecule has 9 rings (SSSR count). The molecule has 2 N–H and O–H groups in total. The molecule has 0 fully saturated rings. The highest BCUT2D eigenvalue weighted by Crippen LogP contribution is 2.44. The Morgan fingerprint density at radius 2 is 0.826 bits per heavy atom. The largest absolute Gasteiger partial charge is 0.356 e. The summed E-state index contributed by atoms with van der Waals surface area (Å²) in [6.45, 7) is 0. The molecule has 8 aromatic carbocycles. The molecule has 0 saturated carbocycles. The molecule has 1 aromatic heterocycles. The zero-order chi connectivity index (χ0) is 30.5. The SMILES string of the molecule is c1ccc(-c2c3ccccc3c(-c3ccccc3)c3cc(-c4ccc(Nc5ccc6[nH]c7ccccc7c6c5)cc4)ccc23)cc1. The average molecular weight is 587 g/mol. The van der Waals surface area contributed by atoms with E-state index in [9.17, 15) is 0 Å². The first-order valence-corrected chi connectivity index (χ1v) is 15.8. The smallest absolute Gasteiger partial charge is 0.0466 e. The van der Waals surface area contributed by atoms with Gasteiger partial charge in [0.2, 0.25) is 0 Å². The third-order valence-electron chi connectivity index (χ3n) is 9.16. The highest BCUT2D eigenvalue weighted by atomic mass is 14.9. The monoisotopic (exact) mass is 586 g/mol. The normalized spacial score (nSPS) is 11.5. The van der Waals surface area contributed by atoms with E-state index < -0.39 is 0 Å². The number of anilines is 2. The van der Waals surface area contributed by atoms with E-state index in [1.54, 1.807) is 0 Å². The van der Waals surface area contributed by atoms with Crippen LogP contribution in [0.25, 0.3) is 76.7 Å². The lowest BCUT2D eigenvalue weighted by molar-refractivity contribution is 1.53. The third-order valence-corrected chi connectivity index (χ3v) is 9.16. The number of hydrogen-bond donors (Lipinski definition) is 2. The second kappa shape index (κ2) is 10.8. The Labute approximate surface area is 267 Å². The highest BCUT2D eigenvalue weighted by Gasteiger charge is 2.17. The van der Waals surface area contributed by atoms with Crippen molar-refractivity contribution < 1.29 is 0 Å². The molecule has 0 bridgehead atoms. The second-order valence-corrected chi connectivity index (χ2v) is 11.9. The zero-order valence-electron chi connectivity index (χ0n) is 25.2. The van der Waals surface area contributed by atoms with Gasteiger partial charge in [0.15, 0.2) is 0 Å². The van der Waals surface area contributed by atoms with Crippen LogP contribution in [0, 0.1) is 0 Å². The van der Waals surface area contributed by atoms with Crippen molar-refractivity contribution in [2.45, 2.75) is 0 Å². The van der Waals surface area contributed by atoms with Crippen molar-refractivity contribution in [2.24, 2.45) is 0 Å². The molecule has 216 valence electrons. The molecule has 9 aromatic rings. The lowest BCUT2D eigenvalue weighted by Crippen LogP contribution is -1.92. The molecule has 2 heteroatoms. The molecule has 0 atom stereocenters. The number of fused-ring (bicyclic) bond motifs is 5. The van der Waals surface area contributed by atoms with Gasteiger partial charge < -0.3 is 10.3 Å². The third kappa shape index (κ3) is 4.43. The van der Waals surface area contributed by atoms with Gasteiger partial charge in [0.1, 0.15) is 0 Å². The topological polar surface area (TPSA) is 27.8 Å². The van der Waals surface area contributed by atoms with E-state index in [4.69, 9.17) is 0 Å². The molecule has 0 unspecified atom stereocenters. The van der Waals surface area contributed by atoms with Gasteiger partial charge in [-0.25, -0.2) is 0 Å². The molecule has 0 aliphatic rings. The van der Waals surface area contributed by atoms with E-state index in [0.29, 0.717) is 0 Å². The molecule has 0 aliphatic heterocycles. The van der Waals surface area contributed by atoms with E-state index >= 15 is 0 Å². The van der Waals surface area contributed by atoms with Gasteiger partial charge in [-0.2, -0.15) is 0 Å². The van der Waals surface area contributed by atoms with Gasteiger partial charge >= 0.3 is 0 Å². The van der Waals surface area contributed by atoms with Crippen molar-refractivity contribution in [3.05, 3.63) is 170 Å². The Kier molecular flexibility index (Phi) is 6.17. The lowest BCUT2D eigenvalue weighted by atomic mass is 9.85. The number of hydrogen-bond acceptors (Lipinski definition) is 1. The van der Waals surface area contributed by atoms with Crippen LogP contribution < -0.4 is 5.32 Å². The van der Waals surface area contributed by atoms with Crippen LogP contribution in [0.15, 0.2) is 170 Å². The maximum absolute atomic E-state index is 3.62. The van der Waals surface area contributed by atoms with Crippen LogP contribution in [0.2, 0.25) is 0 Å². The minimum absolute atomic E-state index is 1.06. The van der Waals surface area contributed by atoms with Gasteiger partial charge in [0.25, 0.3) is 0 Å². The van der Waals surface area contributed by atoms with Gasteiger partial charge in [-0.05, 0) is 97.4 Å². The van der Waals surface area contributed by atoms with Gasteiger partial charge in [-0.1, -0.05) is 127 Å². The molecule has 1 heterocycles. The van der Waals surface area contributed by atoms with Crippen molar-refractivity contribution in [2.75, 3.05) is 5.32 Å². The summed E-state index contributed by atoms with van der Waals surface area (Å²) in [4.78, 5) is 3.52. The first-order chi connectivity index (χ1) is 22.8. The van der Waals surface area contributed by atoms with Gasteiger partial charge in [0, 0.05) is 33.2 Å². The van der Waals surface area contributed by atoms with Crippen LogP contribution in [-0.2, 0) is 0 Å². The van der Waals surface area contributed by atoms with E-state index in [-0.39, 0.29) is 0 Å². The maximum Gasteiger partial charge on any atom is 0.0466 e. The van der Waals surface area contributed by atoms with Crippen LogP contribution in [0.1, 0.15) is 0 Å². The van der Waals surface area contributed by atoms with Gasteiger partial charge in [-0.15, -0.1) is 0 Å². The van der Waals surface area contributed by atoms with Crippen LogP contribution in [0.4, 0.5) is 11.4 Å². The number of aromatic amines is 1. The predicted molar refractivity (Wildman–Crippen MR) is 197 cm³/mol. The number of nitrogens with one attached hydrogen (secondary N) is 2. The summed E-state index contributed by atoms with van der Waals surface area (Å²) in [6.07, 6.45) is 0. The first kappa shape index (κ1) is 26.3. The summed E-state index contributed by atoms with van der Waals surface area (Å²) in [5, 5.41) is 11.2. The summed E-state index contributed by atoms with van der Waals surface area (Å²) < 4.78 is 0. The Hall–Kier alpha value is -6.12. The summed E-state index contributed by atoms with van der Waals surface area (Å²) in [5.41, 5.74) is 11.9. The molecule has 0 aliphatic carbocycles. The van der Waals surface area contributed by atoms with Crippen molar-refractivity contribution in [1.29, 1.82) is 0 Å². The van der Waals surface area contributed by atoms with Crippen molar-refractivity contribution >= 4 is 54.7 Å². The summed E-state index contributed by atoms with van der Waals surface area (Å²) in [7, 11) is 0. The summed E-state index contributed by atoms with van der Waals surface area (Å²) in [5.74, 6) is 0. The number of rotatable bonds is 5. The van der Waals surface area contributed by atoms with Crippen LogP contribution in [0.3, 0.4) is 0 Å². The minimum Gasteiger partial charge on any atom is -0.356 e. The van der Waals surface area contributed by atoms with E-state index in [2.05, 4.69) is 180 Å². The molecular weight excluding hydrogens is 556 g/mol. The maximum atomic E-state index is 3.62. The fraction of sp³-hybridized carbons (Fsp3) is 0. The van der Waals surface area contributed by atoms with Crippen molar-refractivity contribution in [3.63, 3.8) is 0 Å². The Morgan fingerprint density at radius 3 is 1.52 bits per heavy atom. The lowest BCUT2D eigenvalue weighted by Gasteiger charge is -2.18. The second-order valence-electron chi connectivity index (χ2n) is 11.9. The van der Waals surface area contributed by atoms with Crippen LogP contribution in [0.5, 0.6) is 0 Å². The van der Waals surface area contributed by atoms with Crippen molar-refractivity contribution in [1.82, 2.24) is 4.98 Å². The molecule has 0 radical (unpaired) electrons. The van der Waals surface area contributed by atoms with E-state index in [0.717, 1.165) is 22.4 Å². The summed E-state index contributed by atoms with van der Waals surface area (Å²) >= 11 is 0. The first-order valence-electron chi connectivity index (χ1n) is 15.8. The minimum atomic E-state index is 1.06. The fourth-order valence-corrected chi connectivity index (χ4v) is 7.03. The number of aromatic nitrogens is 1. The molecule has 0 amide bonds. The van der Waals surface area contributed by atoms with E-state index in [1.165, 1.54) is 65.7 Å².